The summed E-state index contributed by atoms with van der Waals surface area (Å²) < 4.78 is 0. The van der Waals surface area contributed by atoms with Gasteiger partial charge < -0.3 is 15.5 Å². The molecule has 162 valence electrons. The van der Waals surface area contributed by atoms with Crippen LogP contribution in [0.1, 0.15) is 34.2 Å². The molecule has 30 heavy (non-hydrogen) atoms. The SMILES string of the molecule is CN=C(NCc1ccc(CN2CCCN(C)CC2)cc1)NCc1ccc(C)cc1C. The van der Waals surface area contributed by atoms with Gasteiger partial charge in [-0.3, -0.25) is 9.89 Å². The number of aliphatic imine (C=N–C) groups is 1. The van der Waals surface area contributed by atoms with Gasteiger partial charge in [-0.25, -0.2) is 0 Å². The Kier molecular flexibility index (Phi) is 8.29. The molecule has 0 aliphatic carbocycles. The summed E-state index contributed by atoms with van der Waals surface area (Å²) in [5.41, 5.74) is 6.56. The molecule has 2 N–H and O–H groups in total. The number of aryl methyl sites for hydroxylation is 2. The molecule has 1 saturated heterocycles. The van der Waals surface area contributed by atoms with Gasteiger partial charge in [-0.15, -0.1) is 0 Å². The van der Waals surface area contributed by atoms with Crippen LogP contribution in [0.3, 0.4) is 0 Å². The molecule has 1 heterocycles. The van der Waals surface area contributed by atoms with E-state index >= 15 is 0 Å². The van der Waals surface area contributed by atoms with Crippen LogP contribution in [-0.4, -0.2) is 56.0 Å². The molecule has 0 saturated carbocycles. The minimum atomic E-state index is 0.765. The summed E-state index contributed by atoms with van der Waals surface area (Å²) in [5.74, 6) is 0.827. The second-order valence-electron chi connectivity index (χ2n) is 8.46. The number of nitrogens with zero attached hydrogens (tertiary/aromatic N) is 3. The Morgan fingerprint density at radius 3 is 2.37 bits per heavy atom. The minimum absolute atomic E-state index is 0.765. The largest absolute Gasteiger partial charge is 0.352 e. The first kappa shape index (κ1) is 22.3. The average molecular weight is 408 g/mol. The molecule has 5 nitrogen and oxygen atoms in total. The lowest BCUT2D eigenvalue weighted by Gasteiger charge is -2.20. The van der Waals surface area contributed by atoms with Crippen LogP contribution in [0, 0.1) is 13.8 Å². The predicted molar refractivity (Wildman–Crippen MR) is 127 cm³/mol. The van der Waals surface area contributed by atoms with E-state index in [1.54, 1.807) is 0 Å². The third kappa shape index (κ3) is 6.85. The Hall–Kier alpha value is -2.37. The summed E-state index contributed by atoms with van der Waals surface area (Å²) in [6, 6.07) is 15.5. The Balaban J connectivity index is 1.46. The summed E-state index contributed by atoms with van der Waals surface area (Å²) in [6.45, 7) is 11.6. The van der Waals surface area contributed by atoms with Crippen LogP contribution in [0.4, 0.5) is 0 Å². The van der Waals surface area contributed by atoms with Gasteiger partial charge in [0.05, 0.1) is 0 Å². The molecule has 0 atom stereocenters. The van der Waals surface area contributed by atoms with Crippen molar-refractivity contribution >= 4 is 5.96 Å². The number of benzene rings is 2. The fraction of sp³-hybridized carbons (Fsp3) is 0.480. The average Bonchev–Trinajstić information content (AvgIpc) is 2.94. The van der Waals surface area contributed by atoms with Crippen LogP contribution in [0.15, 0.2) is 47.5 Å². The van der Waals surface area contributed by atoms with E-state index in [1.165, 1.54) is 47.3 Å². The van der Waals surface area contributed by atoms with E-state index in [0.29, 0.717) is 0 Å². The Morgan fingerprint density at radius 1 is 0.900 bits per heavy atom. The molecule has 2 aromatic rings. The van der Waals surface area contributed by atoms with Crippen LogP contribution in [0.5, 0.6) is 0 Å². The van der Waals surface area contributed by atoms with Crippen molar-refractivity contribution in [2.45, 2.75) is 39.9 Å². The number of likely N-dealkylation sites (N-methyl/N-ethyl adjacent to an activating group) is 1. The first-order valence-corrected chi connectivity index (χ1v) is 11.0. The van der Waals surface area contributed by atoms with E-state index in [1.807, 2.05) is 7.05 Å². The topological polar surface area (TPSA) is 42.9 Å². The lowest BCUT2D eigenvalue weighted by atomic mass is 10.1. The molecular weight excluding hydrogens is 370 g/mol. The number of guanidine groups is 1. The molecule has 0 unspecified atom stereocenters. The zero-order chi connectivity index (χ0) is 21.3. The lowest BCUT2D eigenvalue weighted by Crippen LogP contribution is -2.36. The maximum atomic E-state index is 4.36. The van der Waals surface area contributed by atoms with E-state index < -0.39 is 0 Å². The highest BCUT2D eigenvalue weighted by Gasteiger charge is 2.12. The van der Waals surface area contributed by atoms with Crippen LogP contribution >= 0.6 is 0 Å². The quantitative estimate of drug-likeness (QED) is 0.570. The molecule has 0 amide bonds. The maximum Gasteiger partial charge on any atom is 0.191 e. The zero-order valence-electron chi connectivity index (χ0n) is 19.0. The van der Waals surface area contributed by atoms with Crippen LogP contribution in [-0.2, 0) is 19.6 Å². The monoisotopic (exact) mass is 407 g/mol. The molecule has 0 aromatic heterocycles. The van der Waals surface area contributed by atoms with Crippen molar-refractivity contribution in [1.82, 2.24) is 20.4 Å². The van der Waals surface area contributed by atoms with Gasteiger partial charge >= 0.3 is 0 Å². The van der Waals surface area contributed by atoms with E-state index in [0.717, 1.165) is 38.7 Å². The minimum Gasteiger partial charge on any atom is -0.352 e. The van der Waals surface area contributed by atoms with Crippen LogP contribution in [0.2, 0.25) is 0 Å². The van der Waals surface area contributed by atoms with Crippen molar-refractivity contribution in [3.63, 3.8) is 0 Å². The van der Waals surface area contributed by atoms with Crippen LogP contribution < -0.4 is 10.6 Å². The molecule has 0 bridgehead atoms. The molecule has 1 aliphatic heterocycles. The molecule has 0 radical (unpaired) electrons. The molecule has 5 heteroatoms. The fourth-order valence-electron chi connectivity index (χ4n) is 3.91. The van der Waals surface area contributed by atoms with Crippen molar-refractivity contribution in [2.24, 2.45) is 4.99 Å². The summed E-state index contributed by atoms with van der Waals surface area (Å²) in [7, 11) is 4.04. The van der Waals surface area contributed by atoms with Crippen molar-refractivity contribution in [3.05, 3.63) is 70.3 Å². The maximum absolute atomic E-state index is 4.36. The molecule has 0 spiro atoms. The van der Waals surface area contributed by atoms with Crippen molar-refractivity contribution in [3.8, 4) is 0 Å². The van der Waals surface area contributed by atoms with Gasteiger partial charge in [-0.05, 0) is 62.7 Å². The molecule has 1 aliphatic rings. The van der Waals surface area contributed by atoms with E-state index in [-0.39, 0.29) is 0 Å². The summed E-state index contributed by atoms with van der Waals surface area (Å²) >= 11 is 0. The van der Waals surface area contributed by atoms with Crippen molar-refractivity contribution in [1.29, 1.82) is 0 Å². The summed E-state index contributed by atoms with van der Waals surface area (Å²) in [6.07, 6.45) is 1.26. The lowest BCUT2D eigenvalue weighted by molar-refractivity contribution is 0.269. The van der Waals surface area contributed by atoms with Gasteiger partial charge in [0.1, 0.15) is 0 Å². The van der Waals surface area contributed by atoms with E-state index in [9.17, 15) is 0 Å². The third-order valence-electron chi connectivity index (χ3n) is 5.87. The predicted octanol–water partition coefficient (Wildman–Crippen LogP) is 3.31. The second kappa shape index (κ2) is 11.1. The van der Waals surface area contributed by atoms with Gasteiger partial charge in [-0.2, -0.15) is 0 Å². The molecule has 2 aromatic carbocycles. The van der Waals surface area contributed by atoms with Crippen LogP contribution in [0.25, 0.3) is 0 Å². The number of hydrogen-bond acceptors (Lipinski definition) is 3. The van der Waals surface area contributed by atoms with E-state index in [4.69, 9.17) is 0 Å². The Bertz CT molecular complexity index is 828. The summed E-state index contributed by atoms with van der Waals surface area (Å²) in [5, 5.41) is 6.84. The van der Waals surface area contributed by atoms with E-state index in [2.05, 4.69) is 88.8 Å². The highest BCUT2D eigenvalue weighted by Crippen LogP contribution is 2.11. The van der Waals surface area contributed by atoms with Gasteiger partial charge in [0.15, 0.2) is 5.96 Å². The van der Waals surface area contributed by atoms with Gasteiger partial charge in [-0.1, -0.05) is 48.0 Å². The third-order valence-corrected chi connectivity index (χ3v) is 5.87. The first-order valence-electron chi connectivity index (χ1n) is 11.0. The standard InChI is InChI=1S/C25H37N5/c1-20-6-11-24(21(2)16-20)18-28-25(26-3)27-17-22-7-9-23(10-8-22)19-30-13-5-12-29(4)14-15-30/h6-11,16H,5,12-15,17-19H2,1-4H3,(H2,26,27,28). The molecule has 1 fully saturated rings. The van der Waals surface area contributed by atoms with Gasteiger partial charge in [0, 0.05) is 39.8 Å². The number of nitrogens with one attached hydrogen (secondary N) is 2. The van der Waals surface area contributed by atoms with Gasteiger partial charge in [0.2, 0.25) is 0 Å². The highest BCUT2D eigenvalue weighted by molar-refractivity contribution is 5.79. The summed E-state index contributed by atoms with van der Waals surface area (Å²) in [4.78, 5) is 9.35. The van der Waals surface area contributed by atoms with Crippen molar-refractivity contribution < 1.29 is 0 Å². The molecule has 3 rings (SSSR count). The Labute approximate surface area is 182 Å². The smallest absolute Gasteiger partial charge is 0.191 e. The normalized spacial score (nSPS) is 16.3. The van der Waals surface area contributed by atoms with Gasteiger partial charge in [0.25, 0.3) is 0 Å². The molecular formula is C25H37N5. The number of hydrogen-bond donors (Lipinski definition) is 2. The highest BCUT2D eigenvalue weighted by atomic mass is 15.2. The fourth-order valence-corrected chi connectivity index (χ4v) is 3.91. The van der Waals surface area contributed by atoms with Crippen molar-refractivity contribution in [2.75, 3.05) is 40.3 Å². The number of rotatable bonds is 6. The second-order valence-corrected chi connectivity index (χ2v) is 8.46. The zero-order valence-corrected chi connectivity index (χ0v) is 19.0. The Morgan fingerprint density at radius 2 is 1.63 bits per heavy atom. The first-order chi connectivity index (χ1) is 14.5.